The second-order valence-corrected chi connectivity index (χ2v) is 14.3. The molecule has 0 radical (unpaired) electrons. The third-order valence-electron chi connectivity index (χ3n) is 11.2. The second-order valence-electron chi connectivity index (χ2n) is 14.3. The predicted octanol–water partition coefficient (Wildman–Crippen LogP) is 14.8. The smallest absolute Gasteiger partial charge is 0.00264 e. The van der Waals surface area contributed by atoms with Crippen LogP contribution in [0.25, 0.3) is 87.6 Å². The first-order valence-corrected chi connectivity index (χ1v) is 19.0. The van der Waals surface area contributed by atoms with Crippen LogP contribution in [0.4, 0.5) is 0 Å². The Balaban J connectivity index is 0.958. The lowest BCUT2D eigenvalue weighted by Crippen LogP contribution is -1.94. The van der Waals surface area contributed by atoms with Gasteiger partial charge in [-0.2, -0.15) is 0 Å². The highest BCUT2D eigenvalue weighted by molar-refractivity contribution is 6.22. The van der Waals surface area contributed by atoms with Crippen molar-refractivity contribution in [3.05, 3.63) is 217 Å². The molecule has 0 unspecified atom stereocenters. The van der Waals surface area contributed by atoms with Gasteiger partial charge in [0.2, 0.25) is 0 Å². The van der Waals surface area contributed by atoms with E-state index in [1.165, 1.54) is 98.7 Å². The molecule has 0 bridgehead atoms. The van der Waals surface area contributed by atoms with Gasteiger partial charge in [0.25, 0.3) is 0 Å². The zero-order chi connectivity index (χ0) is 35.8. The average Bonchev–Trinajstić information content (AvgIpc) is 3.25. The minimum atomic E-state index is 0.992. The Kier molecular flexibility index (Phi) is 8.08. The van der Waals surface area contributed by atoms with E-state index in [-0.39, 0.29) is 0 Å². The number of rotatable bonds is 7. The summed E-state index contributed by atoms with van der Waals surface area (Å²) in [4.78, 5) is 0. The third kappa shape index (κ3) is 5.56. The molecule has 0 saturated heterocycles. The zero-order valence-corrected chi connectivity index (χ0v) is 30.0. The highest BCUT2D eigenvalue weighted by Gasteiger charge is 2.18. The number of aryl methyl sites for hydroxylation is 2. The van der Waals surface area contributed by atoms with Gasteiger partial charge in [0, 0.05) is 0 Å². The molecule has 0 heteroatoms. The summed E-state index contributed by atoms with van der Waals surface area (Å²) < 4.78 is 0. The van der Waals surface area contributed by atoms with Gasteiger partial charge >= 0.3 is 0 Å². The van der Waals surface area contributed by atoms with Crippen molar-refractivity contribution in [2.24, 2.45) is 0 Å². The Labute approximate surface area is 316 Å². The topological polar surface area (TPSA) is 0 Å². The molecular formula is C54H38. The number of benzene rings is 10. The molecule has 10 rings (SSSR count). The largest absolute Gasteiger partial charge is 0.0622 e. The molecule has 0 aliphatic rings. The van der Waals surface area contributed by atoms with Crippen LogP contribution in [0.2, 0.25) is 0 Å². The number of hydrogen-bond acceptors (Lipinski definition) is 0. The van der Waals surface area contributed by atoms with E-state index in [9.17, 15) is 0 Å². The van der Waals surface area contributed by atoms with Crippen LogP contribution in [0.3, 0.4) is 0 Å². The van der Waals surface area contributed by atoms with E-state index in [2.05, 4.69) is 206 Å². The Morgan fingerprint density at radius 1 is 0.185 bits per heavy atom. The average molecular weight is 687 g/mol. The lowest BCUT2D eigenvalue weighted by Gasteiger charge is -2.18. The molecule has 0 amide bonds. The van der Waals surface area contributed by atoms with Crippen molar-refractivity contribution < 1.29 is 0 Å². The van der Waals surface area contributed by atoms with Crippen LogP contribution < -0.4 is 0 Å². The van der Waals surface area contributed by atoms with E-state index in [0.29, 0.717) is 0 Å². The highest BCUT2D eigenvalue weighted by atomic mass is 14.2. The van der Waals surface area contributed by atoms with Gasteiger partial charge in [0.05, 0.1) is 0 Å². The molecule has 0 fully saturated rings. The molecule has 0 aromatic heterocycles. The van der Waals surface area contributed by atoms with Crippen LogP contribution in [-0.2, 0) is 12.8 Å². The Hall–Kier alpha value is -6.76. The fraction of sp³-hybridized carbons (Fsp3) is 0.0370. The first kappa shape index (κ1) is 31.9. The van der Waals surface area contributed by atoms with Gasteiger partial charge in [-0.05, 0) is 112 Å². The van der Waals surface area contributed by atoms with Gasteiger partial charge in [-0.25, -0.2) is 0 Å². The van der Waals surface area contributed by atoms with Crippen molar-refractivity contribution in [3.63, 3.8) is 0 Å². The Bertz CT molecular complexity index is 2620. The lowest BCUT2D eigenvalue weighted by atomic mass is 9.85. The molecule has 0 N–H and O–H groups in total. The second kappa shape index (κ2) is 13.7. The molecule has 0 aliphatic carbocycles. The summed E-state index contributed by atoms with van der Waals surface area (Å²) in [6.07, 6.45) is 1.98. The SMILES string of the molecule is c1ccc(-c2c3ccccc3c(-c3ccc(CCc4ccc(-c5c6ccccc6c(-c6ccccc6)c6ccccc56)cc4)cc3)c3ccccc23)cc1. The van der Waals surface area contributed by atoms with Crippen molar-refractivity contribution >= 4 is 43.1 Å². The fourth-order valence-electron chi connectivity index (χ4n) is 8.68. The molecule has 0 saturated carbocycles. The Morgan fingerprint density at radius 3 is 0.630 bits per heavy atom. The van der Waals surface area contributed by atoms with E-state index in [1.54, 1.807) is 0 Å². The van der Waals surface area contributed by atoms with Gasteiger partial charge in [0.15, 0.2) is 0 Å². The van der Waals surface area contributed by atoms with Crippen LogP contribution in [0.15, 0.2) is 206 Å². The molecular weight excluding hydrogens is 649 g/mol. The summed E-state index contributed by atoms with van der Waals surface area (Å²) in [5.41, 5.74) is 12.9. The summed E-state index contributed by atoms with van der Waals surface area (Å²) >= 11 is 0. The molecule has 0 nitrogen and oxygen atoms in total. The molecule has 0 heterocycles. The highest BCUT2D eigenvalue weighted by Crippen LogP contribution is 2.45. The van der Waals surface area contributed by atoms with Gasteiger partial charge in [0.1, 0.15) is 0 Å². The first-order valence-electron chi connectivity index (χ1n) is 19.0. The summed E-state index contributed by atoms with van der Waals surface area (Å²) in [7, 11) is 0. The molecule has 10 aromatic carbocycles. The molecule has 0 aliphatic heterocycles. The van der Waals surface area contributed by atoms with Gasteiger partial charge in [-0.3, -0.25) is 0 Å². The maximum absolute atomic E-state index is 2.32. The van der Waals surface area contributed by atoms with Crippen LogP contribution in [-0.4, -0.2) is 0 Å². The van der Waals surface area contributed by atoms with E-state index >= 15 is 0 Å². The van der Waals surface area contributed by atoms with Crippen molar-refractivity contribution in [1.29, 1.82) is 0 Å². The maximum atomic E-state index is 2.32. The summed E-state index contributed by atoms with van der Waals surface area (Å²) in [6, 6.07) is 75.8. The predicted molar refractivity (Wildman–Crippen MR) is 232 cm³/mol. The van der Waals surface area contributed by atoms with E-state index in [1.807, 2.05) is 0 Å². The monoisotopic (exact) mass is 686 g/mol. The molecule has 10 aromatic rings. The fourth-order valence-corrected chi connectivity index (χ4v) is 8.68. The standard InChI is InChI=1S/C54H38/c1-3-15-39(16-4-1)51-43-19-7-11-23-47(43)53(48-24-12-8-20-44(48)51)41-33-29-37(30-34-41)27-28-38-31-35-42(36-32-38)54-49-25-13-9-21-45(49)52(40-17-5-2-6-18-40)46-22-10-14-26-50(46)54/h1-26,29-36H,27-28H2. The number of fused-ring (bicyclic) bond motifs is 4. The minimum absolute atomic E-state index is 0.992. The van der Waals surface area contributed by atoms with Gasteiger partial charge in [-0.15, -0.1) is 0 Å². The number of hydrogen-bond donors (Lipinski definition) is 0. The Morgan fingerprint density at radius 2 is 0.389 bits per heavy atom. The van der Waals surface area contributed by atoms with E-state index in [0.717, 1.165) is 12.8 Å². The van der Waals surface area contributed by atoms with Crippen LogP contribution in [0, 0.1) is 0 Å². The van der Waals surface area contributed by atoms with Gasteiger partial charge < -0.3 is 0 Å². The van der Waals surface area contributed by atoms with E-state index < -0.39 is 0 Å². The summed E-state index contributed by atoms with van der Waals surface area (Å²) in [6.45, 7) is 0. The zero-order valence-electron chi connectivity index (χ0n) is 30.0. The molecule has 0 spiro atoms. The first-order chi connectivity index (χ1) is 26.8. The maximum Gasteiger partial charge on any atom is -0.00264 e. The molecule has 254 valence electrons. The van der Waals surface area contributed by atoms with Crippen LogP contribution in [0.1, 0.15) is 11.1 Å². The lowest BCUT2D eigenvalue weighted by molar-refractivity contribution is 0.961. The van der Waals surface area contributed by atoms with Crippen molar-refractivity contribution in [2.75, 3.05) is 0 Å². The van der Waals surface area contributed by atoms with Crippen molar-refractivity contribution in [3.8, 4) is 44.5 Å². The van der Waals surface area contributed by atoms with Crippen LogP contribution in [0.5, 0.6) is 0 Å². The minimum Gasteiger partial charge on any atom is -0.0622 e. The van der Waals surface area contributed by atoms with Crippen molar-refractivity contribution in [2.45, 2.75) is 12.8 Å². The van der Waals surface area contributed by atoms with E-state index in [4.69, 9.17) is 0 Å². The normalized spacial score (nSPS) is 11.5. The van der Waals surface area contributed by atoms with Crippen LogP contribution >= 0.6 is 0 Å². The summed E-state index contributed by atoms with van der Waals surface area (Å²) in [5.74, 6) is 0. The summed E-state index contributed by atoms with van der Waals surface area (Å²) in [5, 5.41) is 10.3. The third-order valence-corrected chi connectivity index (χ3v) is 11.2. The van der Waals surface area contributed by atoms with Crippen molar-refractivity contribution in [1.82, 2.24) is 0 Å². The molecule has 0 atom stereocenters. The molecule has 54 heavy (non-hydrogen) atoms. The van der Waals surface area contributed by atoms with Gasteiger partial charge in [-0.1, -0.05) is 206 Å². The quantitative estimate of drug-likeness (QED) is 0.146.